The van der Waals surface area contributed by atoms with Gasteiger partial charge in [0.1, 0.15) is 11.8 Å². The Morgan fingerprint density at radius 2 is 2.04 bits per heavy atom. The number of aliphatic hydroxyl groups is 1. The minimum Gasteiger partial charge on any atom is -0.388 e. The van der Waals surface area contributed by atoms with Crippen LogP contribution >= 0.6 is 0 Å². The SMILES string of the molecule is CC(CC(=O)N1CCC(O)(Cn2cnn3cccc3c2=O)CC1)n1cccn1. The number of carbonyl (C=O) groups excluding carboxylic acids is 1. The molecule has 3 aromatic heterocycles. The first-order valence-electron chi connectivity index (χ1n) is 9.47. The van der Waals surface area contributed by atoms with Gasteiger partial charge >= 0.3 is 0 Å². The van der Waals surface area contributed by atoms with Gasteiger partial charge < -0.3 is 10.0 Å². The average molecular weight is 384 g/mol. The number of nitrogens with zero attached hydrogens (tertiary/aromatic N) is 6. The molecule has 4 heterocycles. The number of piperidine rings is 1. The molecule has 1 aliphatic rings. The van der Waals surface area contributed by atoms with Gasteiger partial charge in [-0.25, -0.2) is 4.52 Å². The molecule has 148 valence electrons. The molecule has 0 saturated carbocycles. The minimum absolute atomic E-state index is 0.0123. The predicted molar refractivity (Wildman–Crippen MR) is 102 cm³/mol. The van der Waals surface area contributed by atoms with Crippen molar-refractivity contribution in [2.24, 2.45) is 0 Å². The zero-order valence-electron chi connectivity index (χ0n) is 15.8. The quantitative estimate of drug-likeness (QED) is 0.698. The molecule has 0 aromatic carbocycles. The van der Waals surface area contributed by atoms with Crippen molar-refractivity contribution in [3.05, 3.63) is 53.5 Å². The van der Waals surface area contributed by atoms with Crippen LogP contribution in [0, 0.1) is 0 Å². The lowest BCUT2D eigenvalue weighted by Gasteiger charge is -2.38. The van der Waals surface area contributed by atoms with Crippen LogP contribution in [0.15, 0.2) is 47.9 Å². The van der Waals surface area contributed by atoms with Crippen LogP contribution in [0.3, 0.4) is 0 Å². The Balaban J connectivity index is 1.37. The Morgan fingerprint density at radius 3 is 2.75 bits per heavy atom. The number of hydrogen-bond donors (Lipinski definition) is 1. The molecule has 1 fully saturated rings. The zero-order valence-corrected chi connectivity index (χ0v) is 15.8. The van der Waals surface area contributed by atoms with Gasteiger partial charge in [-0.15, -0.1) is 0 Å². The van der Waals surface area contributed by atoms with E-state index in [1.54, 1.807) is 34.1 Å². The van der Waals surface area contributed by atoms with Crippen LogP contribution in [0.5, 0.6) is 0 Å². The van der Waals surface area contributed by atoms with Crippen LogP contribution < -0.4 is 5.56 Å². The van der Waals surface area contributed by atoms with Gasteiger partial charge in [-0.2, -0.15) is 10.2 Å². The third kappa shape index (κ3) is 3.57. The van der Waals surface area contributed by atoms with Crippen molar-refractivity contribution in [1.29, 1.82) is 0 Å². The van der Waals surface area contributed by atoms with Gasteiger partial charge in [-0.1, -0.05) is 0 Å². The molecule has 9 nitrogen and oxygen atoms in total. The molecule has 0 radical (unpaired) electrons. The van der Waals surface area contributed by atoms with Crippen molar-refractivity contribution in [3.63, 3.8) is 0 Å². The van der Waals surface area contributed by atoms with E-state index in [2.05, 4.69) is 10.2 Å². The van der Waals surface area contributed by atoms with Crippen LogP contribution in [0.25, 0.3) is 5.52 Å². The fourth-order valence-electron chi connectivity index (χ4n) is 3.74. The fourth-order valence-corrected chi connectivity index (χ4v) is 3.74. The summed E-state index contributed by atoms with van der Waals surface area (Å²) in [4.78, 5) is 26.9. The summed E-state index contributed by atoms with van der Waals surface area (Å²) < 4.78 is 4.74. The summed E-state index contributed by atoms with van der Waals surface area (Å²) in [5.74, 6) is 0.0542. The number of rotatable bonds is 5. The Bertz CT molecular complexity index is 1010. The van der Waals surface area contributed by atoms with Gasteiger partial charge in [0.2, 0.25) is 5.91 Å². The predicted octanol–water partition coefficient (Wildman–Crippen LogP) is 0.697. The molecule has 0 aliphatic carbocycles. The minimum atomic E-state index is -1.03. The normalized spacial score (nSPS) is 17.7. The van der Waals surface area contributed by atoms with E-state index in [9.17, 15) is 14.7 Å². The maximum atomic E-state index is 12.6. The van der Waals surface area contributed by atoms with Gasteiger partial charge in [-0.05, 0) is 38.0 Å². The Kier molecular flexibility index (Phi) is 4.76. The monoisotopic (exact) mass is 384 g/mol. The molecule has 9 heteroatoms. The van der Waals surface area contributed by atoms with E-state index < -0.39 is 5.60 Å². The topological polar surface area (TPSA) is 97.7 Å². The smallest absolute Gasteiger partial charge is 0.277 e. The highest BCUT2D eigenvalue weighted by Gasteiger charge is 2.35. The van der Waals surface area contributed by atoms with E-state index in [1.807, 2.05) is 19.2 Å². The number of carbonyl (C=O) groups is 1. The summed E-state index contributed by atoms with van der Waals surface area (Å²) in [6.07, 6.45) is 7.93. The van der Waals surface area contributed by atoms with Crippen LogP contribution in [0.1, 0.15) is 32.2 Å². The molecule has 0 spiro atoms. The van der Waals surface area contributed by atoms with E-state index in [4.69, 9.17) is 0 Å². The summed E-state index contributed by atoms with van der Waals surface area (Å²) >= 11 is 0. The number of likely N-dealkylation sites (tertiary alicyclic amines) is 1. The summed E-state index contributed by atoms with van der Waals surface area (Å²) in [5.41, 5.74) is -0.729. The first-order valence-corrected chi connectivity index (χ1v) is 9.47. The second-order valence-electron chi connectivity index (χ2n) is 7.55. The number of amides is 1. The molecule has 4 rings (SSSR count). The molecule has 0 bridgehead atoms. The lowest BCUT2D eigenvalue weighted by molar-refractivity contribution is -0.136. The van der Waals surface area contributed by atoms with Gasteiger partial charge in [0.15, 0.2) is 0 Å². The van der Waals surface area contributed by atoms with Gasteiger partial charge in [0.25, 0.3) is 5.56 Å². The highest BCUT2D eigenvalue weighted by Crippen LogP contribution is 2.25. The summed E-state index contributed by atoms with van der Waals surface area (Å²) in [6, 6.07) is 5.29. The van der Waals surface area contributed by atoms with E-state index in [0.717, 1.165) is 0 Å². The highest BCUT2D eigenvalue weighted by molar-refractivity contribution is 5.76. The summed E-state index contributed by atoms with van der Waals surface area (Å²) in [7, 11) is 0. The molecule has 1 unspecified atom stereocenters. The maximum Gasteiger partial charge on any atom is 0.277 e. The lowest BCUT2D eigenvalue weighted by atomic mass is 9.91. The van der Waals surface area contributed by atoms with E-state index >= 15 is 0 Å². The highest BCUT2D eigenvalue weighted by atomic mass is 16.3. The number of hydrogen-bond acceptors (Lipinski definition) is 5. The number of fused-ring (bicyclic) bond motifs is 1. The Morgan fingerprint density at radius 1 is 1.25 bits per heavy atom. The fraction of sp³-hybridized carbons (Fsp3) is 0.474. The van der Waals surface area contributed by atoms with E-state index in [1.165, 1.54) is 15.4 Å². The third-order valence-corrected chi connectivity index (χ3v) is 5.48. The summed E-state index contributed by atoms with van der Waals surface area (Å²) in [5, 5.41) is 19.3. The van der Waals surface area contributed by atoms with Crippen LogP contribution in [-0.4, -0.2) is 58.6 Å². The largest absolute Gasteiger partial charge is 0.388 e. The maximum absolute atomic E-state index is 12.6. The third-order valence-electron chi connectivity index (χ3n) is 5.48. The second kappa shape index (κ2) is 7.23. The van der Waals surface area contributed by atoms with Gasteiger partial charge in [0, 0.05) is 38.1 Å². The molecule has 1 amide bonds. The van der Waals surface area contributed by atoms with Crippen LogP contribution in [0.4, 0.5) is 0 Å². The molecule has 1 atom stereocenters. The van der Waals surface area contributed by atoms with Crippen molar-refractivity contribution < 1.29 is 9.90 Å². The summed E-state index contributed by atoms with van der Waals surface area (Å²) in [6.45, 7) is 3.07. The first kappa shape index (κ1) is 18.4. The molecular weight excluding hydrogens is 360 g/mol. The van der Waals surface area contributed by atoms with Crippen LogP contribution in [-0.2, 0) is 11.3 Å². The lowest BCUT2D eigenvalue weighted by Crippen LogP contribution is -2.50. The van der Waals surface area contributed by atoms with Crippen molar-refractivity contribution in [2.75, 3.05) is 13.1 Å². The molecule has 28 heavy (non-hydrogen) atoms. The van der Waals surface area contributed by atoms with E-state index in [0.29, 0.717) is 37.9 Å². The molecule has 3 aromatic rings. The van der Waals surface area contributed by atoms with Gasteiger partial charge in [-0.3, -0.25) is 18.8 Å². The molecule has 1 saturated heterocycles. The zero-order chi connectivity index (χ0) is 19.7. The Labute approximate surface area is 161 Å². The second-order valence-corrected chi connectivity index (χ2v) is 7.55. The van der Waals surface area contributed by atoms with Crippen molar-refractivity contribution >= 4 is 11.4 Å². The van der Waals surface area contributed by atoms with Gasteiger partial charge in [0.05, 0.1) is 18.2 Å². The van der Waals surface area contributed by atoms with Crippen LogP contribution in [0.2, 0.25) is 0 Å². The molecule has 1 aliphatic heterocycles. The van der Waals surface area contributed by atoms with E-state index in [-0.39, 0.29) is 24.1 Å². The Hall–Kier alpha value is -2.94. The first-order chi connectivity index (χ1) is 13.5. The van der Waals surface area contributed by atoms with Crippen molar-refractivity contribution in [3.8, 4) is 0 Å². The molecular formula is C19H24N6O3. The standard InChI is InChI=1S/C19H24N6O3/c1-15(24-9-3-7-20-24)12-17(26)22-10-5-19(28,6-11-22)13-23-14-21-25-8-2-4-16(25)18(23)27/h2-4,7-9,14-15,28H,5-6,10-13H2,1H3. The molecule has 1 N–H and O–H groups in total. The van der Waals surface area contributed by atoms with Crippen molar-refractivity contribution in [2.45, 2.75) is 44.4 Å². The number of aromatic nitrogens is 5. The average Bonchev–Trinajstić information content (AvgIpc) is 3.36. The van der Waals surface area contributed by atoms with Crippen molar-refractivity contribution in [1.82, 2.24) is 28.9 Å².